The lowest BCUT2D eigenvalue weighted by atomic mass is 10.6. The molecule has 0 amide bonds. The van der Waals surface area contributed by atoms with Gasteiger partial charge in [0, 0.05) is 18.1 Å². The Morgan fingerprint density at radius 3 is 2.36 bits per heavy atom. The minimum absolute atomic E-state index is 0.211. The summed E-state index contributed by atoms with van der Waals surface area (Å²) in [5.74, 6) is 1.70. The van der Waals surface area contributed by atoms with Gasteiger partial charge in [-0.15, -0.1) is 0 Å². The van der Waals surface area contributed by atoms with E-state index in [4.69, 9.17) is 10.5 Å². The van der Waals surface area contributed by atoms with Gasteiger partial charge in [-0.25, -0.2) is 0 Å². The van der Waals surface area contributed by atoms with E-state index in [0.29, 0.717) is 19.7 Å². The molecule has 4 nitrogen and oxygen atoms in total. The first-order valence-corrected chi connectivity index (χ1v) is 6.52. The number of esters is 1. The van der Waals surface area contributed by atoms with Crippen molar-refractivity contribution in [1.29, 1.82) is 0 Å². The van der Waals surface area contributed by atoms with Crippen LogP contribution in [0.1, 0.15) is 13.8 Å². The number of carbonyl (C=O) groups excluding carboxylic acids is 1. The number of hydrogen-bond acceptors (Lipinski definition) is 6. The van der Waals surface area contributed by atoms with E-state index in [0.717, 1.165) is 11.5 Å². The molecule has 0 aromatic heterocycles. The van der Waals surface area contributed by atoms with Crippen LogP contribution in [0, 0.1) is 0 Å². The van der Waals surface area contributed by atoms with Gasteiger partial charge in [-0.2, -0.15) is 3.71 Å². The molecule has 0 spiro atoms. The van der Waals surface area contributed by atoms with Crippen molar-refractivity contribution in [2.75, 3.05) is 31.2 Å². The van der Waals surface area contributed by atoms with E-state index < -0.39 is 0 Å². The van der Waals surface area contributed by atoms with E-state index >= 15 is 0 Å². The Hall–Kier alpha value is 0.0900. The van der Waals surface area contributed by atoms with Crippen molar-refractivity contribution < 1.29 is 9.53 Å². The highest BCUT2D eigenvalue weighted by molar-refractivity contribution is 8.12. The maximum absolute atomic E-state index is 11.2. The fourth-order valence-corrected chi connectivity index (χ4v) is 2.64. The number of rotatable bonds is 8. The zero-order chi connectivity index (χ0) is 10.8. The van der Waals surface area contributed by atoms with E-state index in [1.807, 2.05) is 3.71 Å². The van der Waals surface area contributed by atoms with Gasteiger partial charge in [-0.3, -0.25) is 4.79 Å². The molecule has 0 radical (unpaired) electrons. The molecule has 84 valence electrons. The smallest absolute Gasteiger partial charge is 0.322 e. The number of nitrogens with zero attached hydrogens (tertiary/aromatic N) is 1. The molecule has 0 heterocycles. The van der Waals surface area contributed by atoms with Crippen LogP contribution in [0.4, 0.5) is 0 Å². The minimum atomic E-state index is -0.211. The molecule has 0 atom stereocenters. The third-order valence-corrected chi connectivity index (χ3v) is 3.17. The average molecular weight is 238 g/mol. The zero-order valence-corrected chi connectivity index (χ0v) is 10.3. The van der Waals surface area contributed by atoms with Crippen LogP contribution in [0.5, 0.6) is 0 Å². The second-order valence-corrected chi connectivity index (χ2v) is 5.12. The summed E-state index contributed by atoms with van der Waals surface area (Å²) in [6.45, 7) is 5.11. The second kappa shape index (κ2) is 9.64. The molecule has 0 unspecified atom stereocenters. The first kappa shape index (κ1) is 14.1. The number of hydrogen-bond donors (Lipinski definition) is 1. The van der Waals surface area contributed by atoms with Crippen molar-refractivity contribution in [3.8, 4) is 0 Å². The van der Waals surface area contributed by atoms with Crippen molar-refractivity contribution in [3.63, 3.8) is 0 Å². The van der Waals surface area contributed by atoms with Crippen molar-refractivity contribution in [3.05, 3.63) is 0 Å². The first-order valence-electron chi connectivity index (χ1n) is 4.63. The van der Waals surface area contributed by atoms with Gasteiger partial charge in [-0.1, -0.05) is 37.7 Å². The highest BCUT2D eigenvalue weighted by Gasteiger charge is 2.11. The summed E-state index contributed by atoms with van der Waals surface area (Å²) in [7, 11) is 0. The van der Waals surface area contributed by atoms with Crippen LogP contribution < -0.4 is 5.73 Å². The van der Waals surface area contributed by atoms with Crippen LogP contribution in [0.3, 0.4) is 0 Å². The summed E-state index contributed by atoms with van der Waals surface area (Å²) in [5, 5.41) is 0. The third-order valence-electron chi connectivity index (χ3n) is 1.19. The molecule has 0 bridgehead atoms. The molecule has 0 fully saturated rings. The van der Waals surface area contributed by atoms with Crippen molar-refractivity contribution in [2.24, 2.45) is 5.73 Å². The van der Waals surface area contributed by atoms with E-state index in [1.54, 1.807) is 23.9 Å². The van der Waals surface area contributed by atoms with Crippen LogP contribution in [-0.2, 0) is 9.53 Å². The predicted octanol–water partition coefficient (Wildman–Crippen LogP) is 1.13. The van der Waals surface area contributed by atoms with Gasteiger partial charge < -0.3 is 10.5 Å². The quantitative estimate of drug-likeness (QED) is 0.505. The van der Waals surface area contributed by atoms with E-state index in [-0.39, 0.29) is 5.97 Å². The van der Waals surface area contributed by atoms with Crippen molar-refractivity contribution >= 4 is 29.9 Å². The summed E-state index contributed by atoms with van der Waals surface area (Å²) in [5.41, 5.74) is 5.22. The van der Waals surface area contributed by atoms with Crippen LogP contribution >= 0.6 is 23.9 Å². The third kappa shape index (κ3) is 7.49. The highest BCUT2D eigenvalue weighted by atomic mass is 32.2. The maximum atomic E-state index is 11.2. The zero-order valence-electron chi connectivity index (χ0n) is 8.69. The van der Waals surface area contributed by atoms with Crippen LogP contribution in [0.25, 0.3) is 0 Å². The van der Waals surface area contributed by atoms with Gasteiger partial charge >= 0.3 is 5.97 Å². The summed E-state index contributed by atoms with van der Waals surface area (Å²) < 4.78 is 6.83. The molecular formula is C8H18N2O2S2. The molecule has 0 aromatic carbocycles. The predicted molar refractivity (Wildman–Crippen MR) is 63.0 cm³/mol. The SMILES string of the molecule is CCSN(CC(=O)OCCN)SCC. The Bertz CT molecular complexity index is 152. The summed E-state index contributed by atoms with van der Waals surface area (Å²) in [4.78, 5) is 11.2. The fraction of sp³-hybridized carbons (Fsp3) is 0.875. The van der Waals surface area contributed by atoms with E-state index in [2.05, 4.69) is 13.8 Å². The molecule has 14 heavy (non-hydrogen) atoms. The molecule has 0 aliphatic carbocycles. The normalized spacial score (nSPS) is 10.6. The standard InChI is InChI=1S/C8H18N2O2S2/c1-3-13-10(14-4-2)7-8(11)12-6-5-9/h3-7,9H2,1-2H3. The number of ether oxygens (including phenoxy) is 1. The number of carbonyl (C=O) groups is 1. The van der Waals surface area contributed by atoms with Crippen LogP contribution in [-0.4, -0.2) is 40.9 Å². The Kier molecular flexibility index (Phi) is 9.70. The maximum Gasteiger partial charge on any atom is 0.322 e. The molecule has 0 aromatic rings. The molecular weight excluding hydrogens is 220 g/mol. The minimum Gasteiger partial charge on any atom is -0.463 e. The van der Waals surface area contributed by atoms with Crippen LogP contribution in [0.2, 0.25) is 0 Å². The first-order chi connectivity index (χ1) is 6.74. The van der Waals surface area contributed by atoms with Gasteiger partial charge in [0.15, 0.2) is 0 Å². The van der Waals surface area contributed by atoms with Crippen molar-refractivity contribution in [1.82, 2.24) is 3.71 Å². The van der Waals surface area contributed by atoms with Crippen molar-refractivity contribution in [2.45, 2.75) is 13.8 Å². The lowest BCUT2D eigenvalue weighted by Gasteiger charge is -2.16. The molecule has 0 saturated carbocycles. The van der Waals surface area contributed by atoms with E-state index in [9.17, 15) is 4.79 Å². The Morgan fingerprint density at radius 2 is 1.93 bits per heavy atom. The summed E-state index contributed by atoms with van der Waals surface area (Å²) in [6, 6.07) is 0. The van der Waals surface area contributed by atoms with Gasteiger partial charge in [0.2, 0.25) is 0 Å². The lowest BCUT2D eigenvalue weighted by Crippen LogP contribution is -2.23. The molecule has 0 aliphatic heterocycles. The van der Waals surface area contributed by atoms with Crippen LogP contribution in [0.15, 0.2) is 0 Å². The molecule has 2 N–H and O–H groups in total. The average Bonchev–Trinajstić information content (AvgIpc) is 2.15. The molecule has 0 saturated heterocycles. The largest absolute Gasteiger partial charge is 0.463 e. The topological polar surface area (TPSA) is 55.6 Å². The highest BCUT2D eigenvalue weighted by Crippen LogP contribution is 2.20. The molecule has 6 heteroatoms. The lowest BCUT2D eigenvalue weighted by molar-refractivity contribution is -0.142. The Balaban J connectivity index is 3.71. The summed E-state index contributed by atoms with van der Waals surface area (Å²) in [6.07, 6.45) is 0. The van der Waals surface area contributed by atoms with Gasteiger partial charge in [0.25, 0.3) is 0 Å². The van der Waals surface area contributed by atoms with E-state index in [1.165, 1.54) is 0 Å². The van der Waals surface area contributed by atoms with Gasteiger partial charge in [-0.05, 0) is 0 Å². The molecule has 0 rings (SSSR count). The fourth-order valence-electron chi connectivity index (χ4n) is 0.740. The Morgan fingerprint density at radius 1 is 1.36 bits per heavy atom. The molecule has 0 aliphatic rings. The Labute approximate surface area is 94.2 Å². The second-order valence-electron chi connectivity index (χ2n) is 2.34. The summed E-state index contributed by atoms with van der Waals surface area (Å²) >= 11 is 3.25. The monoisotopic (exact) mass is 238 g/mol. The van der Waals surface area contributed by atoms with Gasteiger partial charge in [0.05, 0.1) is 0 Å². The number of nitrogens with two attached hydrogens (primary N) is 1. The van der Waals surface area contributed by atoms with Gasteiger partial charge in [0.1, 0.15) is 13.2 Å².